The Balaban J connectivity index is 3.18. The van der Waals surface area contributed by atoms with Crippen LogP contribution in [0.15, 0.2) is 16.1 Å². The number of alkyl halides is 1. The second-order valence-corrected chi connectivity index (χ2v) is 6.73. The Bertz CT molecular complexity index is 528. The maximum atomic E-state index is 11.9. The number of aromatic amines is 1. The molecule has 5 nitrogen and oxygen atoms in total. The molecule has 0 aliphatic heterocycles. The van der Waals surface area contributed by atoms with Crippen LogP contribution in [-0.4, -0.2) is 30.0 Å². The number of halogens is 2. The molecule has 0 aliphatic carbocycles. The summed E-state index contributed by atoms with van der Waals surface area (Å²) < 4.78 is 23.9. The van der Waals surface area contributed by atoms with Gasteiger partial charge in [-0.3, -0.25) is 4.79 Å². The molecular formula is C8H10ClIN2O3S. The number of nitrogens with one attached hydrogen (secondary N) is 1. The van der Waals surface area contributed by atoms with Crippen molar-refractivity contribution in [2.45, 2.75) is 11.9 Å². The molecule has 0 aliphatic rings. The smallest absolute Gasteiger partial charge is 0.265 e. The summed E-state index contributed by atoms with van der Waals surface area (Å²) in [4.78, 5) is 17.3. The maximum Gasteiger partial charge on any atom is 0.265 e. The molecule has 0 spiro atoms. The fourth-order valence-electron chi connectivity index (χ4n) is 1.08. The van der Waals surface area contributed by atoms with Crippen molar-refractivity contribution >= 4 is 44.0 Å². The molecule has 0 fully saturated rings. The zero-order valence-electron chi connectivity index (χ0n) is 8.41. The van der Waals surface area contributed by atoms with Gasteiger partial charge in [-0.05, 0) is 28.5 Å². The first-order valence-electron chi connectivity index (χ1n) is 4.40. The van der Waals surface area contributed by atoms with Gasteiger partial charge in [0.05, 0.1) is 12.1 Å². The van der Waals surface area contributed by atoms with E-state index in [1.807, 2.05) is 0 Å². The van der Waals surface area contributed by atoms with Crippen molar-refractivity contribution in [3.05, 3.63) is 20.3 Å². The van der Waals surface area contributed by atoms with Gasteiger partial charge in [0.15, 0.2) is 14.9 Å². The van der Waals surface area contributed by atoms with E-state index in [0.29, 0.717) is 0 Å². The van der Waals surface area contributed by atoms with Crippen LogP contribution in [0.4, 0.5) is 0 Å². The van der Waals surface area contributed by atoms with Gasteiger partial charge < -0.3 is 4.98 Å². The fourth-order valence-corrected chi connectivity index (χ4v) is 4.23. The second-order valence-electron chi connectivity index (χ2n) is 3.39. The minimum atomic E-state index is -3.55. The highest BCUT2D eigenvalue weighted by molar-refractivity contribution is 14.1. The first-order valence-corrected chi connectivity index (χ1v) is 7.67. The lowest BCUT2D eigenvalue weighted by Gasteiger charge is -2.08. The Morgan fingerprint density at radius 2 is 2.25 bits per heavy atom. The van der Waals surface area contributed by atoms with Crippen LogP contribution in [0.2, 0.25) is 0 Å². The molecule has 0 bridgehead atoms. The third-order valence-electron chi connectivity index (χ3n) is 1.83. The van der Waals surface area contributed by atoms with Gasteiger partial charge in [0.1, 0.15) is 3.57 Å². The Labute approximate surface area is 112 Å². The summed E-state index contributed by atoms with van der Waals surface area (Å²) in [5.41, 5.74) is -0.451. The van der Waals surface area contributed by atoms with E-state index >= 15 is 0 Å². The standard InChI is InChI=1S/C8H10ClIN2O3S/c1-5(2-9)3-16(14,15)8-6(10)7(13)11-4-12-8/h4-5H,2-3H2,1H3,(H,11,12,13). The number of hydrogen-bond donors (Lipinski definition) is 1. The summed E-state index contributed by atoms with van der Waals surface area (Å²) >= 11 is 7.23. The summed E-state index contributed by atoms with van der Waals surface area (Å²) in [5.74, 6) is -0.0364. The number of nitrogens with zero attached hydrogens (tertiary/aromatic N) is 1. The summed E-state index contributed by atoms with van der Waals surface area (Å²) in [6.45, 7) is 1.73. The van der Waals surface area contributed by atoms with Crippen LogP contribution in [-0.2, 0) is 9.84 Å². The molecule has 16 heavy (non-hydrogen) atoms. The molecule has 0 radical (unpaired) electrons. The molecule has 0 amide bonds. The summed E-state index contributed by atoms with van der Waals surface area (Å²) in [5, 5.41) is -0.172. The van der Waals surface area contributed by atoms with E-state index in [0.717, 1.165) is 6.33 Å². The van der Waals surface area contributed by atoms with Crippen molar-refractivity contribution in [2.24, 2.45) is 5.92 Å². The van der Waals surface area contributed by atoms with Crippen LogP contribution in [0.3, 0.4) is 0 Å². The normalized spacial score (nSPS) is 13.7. The Morgan fingerprint density at radius 3 is 2.81 bits per heavy atom. The lowest BCUT2D eigenvalue weighted by atomic mass is 10.3. The summed E-state index contributed by atoms with van der Waals surface area (Å²) in [6, 6.07) is 0. The van der Waals surface area contributed by atoms with Crippen LogP contribution in [0.5, 0.6) is 0 Å². The lowest BCUT2D eigenvalue weighted by Crippen LogP contribution is -2.22. The van der Waals surface area contributed by atoms with E-state index in [1.54, 1.807) is 29.5 Å². The molecule has 1 atom stereocenters. The summed E-state index contributed by atoms with van der Waals surface area (Å²) in [7, 11) is -3.55. The van der Waals surface area contributed by atoms with E-state index in [-0.39, 0.29) is 26.1 Å². The largest absolute Gasteiger partial charge is 0.312 e. The Hall–Kier alpha value is -0.150. The first kappa shape index (κ1) is 13.9. The van der Waals surface area contributed by atoms with Crippen LogP contribution in [0.1, 0.15) is 6.92 Å². The predicted molar refractivity (Wildman–Crippen MR) is 69.5 cm³/mol. The van der Waals surface area contributed by atoms with Crippen LogP contribution >= 0.6 is 34.2 Å². The zero-order valence-corrected chi connectivity index (χ0v) is 12.1. The van der Waals surface area contributed by atoms with E-state index in [9.17, 15) is 13.2 Å². The van der Waals surface area contributed by atoms with E-state index in [2.05, 4.69) is 9.97 Å². The topological polar surface area (TPSA) is 79.9 Å². The van der Waals surface area contributed by atoms with Crippen molar-refractivity contribution in [1.82, 2.24) is 9.97 Å². The minimum Gasteiger partial charge on any atom is -0.312 e. The van der Waals surface area contributed by atoms with E-state index in [4.69, 9.17) is 11.6 Å². The number of hydrogen-bond acceptors (Lipinski definition) is 4. The van der Waals surface area contributed by atoms with Crippen molar-refractivity contribution in [3.63, 3.8) is 0 Å². The van der Waals surface area contributed by atoms with Crippen LogP contribution < -0.4 is 5.56 Å². The van der Waals surface area contributed by atoms with E-state index in [1.165, 1.54) is 0 Å². The van der Waals surface area contributed by atoms with Crippen LogP contribution in [0.25, 0.3) is 0 Å². The van der Waals surface area contributed by atoms with Crippen molar-refractivity contribution < 1.29 is 8.42 Å². The third kappa shape index (κ3) is 3.17. The van der Waals surface area contributed by atoms with Gasteiger partial charge in [-0.2, -0.15) is 0 Å². The van der Waals surface area contributed by atoms with Gasteiger partial charge in [0, 0.05) is 5.88 Å². The number of aromatic nitrogens is 2. The van der Waals surface area contributed by atoms with Gasteiger partial charge in [0.2, 0.25) is 0 Å². The molecule has 1 unspecified atom stereocenters. The highest BCUT2D eigenvalue weighted by Gasteiger charge is 2.23. The minimum absolute atomic E-state index is 0.0851. The average Bonchev–Trinajstić information content (AvgIpc) is 2.21. The van der Waals surface area contributed by atoms with Gasteiger partial charge >= 0.3 is 0 Å². The van der Waals surface area contributed by atoms with Crippen LogP contribution in [0, 0.1) is 9.49 Å². The van der Waals surface area contributed by atoms with Crippen molar-refractivity contribution in [3.8, 4) is 0 Å². The Kier molecular flexibility index (Phi) is 4.74. The average molecular weight is 377 g/mol. The number of sulfone groups is 1. The first-order chi connectivity index (χ1) is 7.38. The van der Waals surface area contributed by atoms with Gasteiger partial charge in [-0.15, -0.1) is 11.6 Å². The number of H-pyrrole nitrogens is 1. The zero-order chi connectivity index (χ0) is 12.3. The molecule has 1 N–H and O–H groups in total. The predicted octanol–water partition coefficient (Wildman–Crippen LogP) is 1.02. The van der Waals surface area contributed by atoms with Gasteiger partial charge in [0.25, 0.3) is 5.56 Å². The van der Waals surface area contributed by atoms with Crippen molar-refractivity contribution in [2.75, 3.05) is 11.6 Å². The lowest BCUT2D eigenvalue weighted by molar-refractivity contribution is 0.578. The Morgan fingerprint density at radius 1 is 1.62 bits per heavy atom. The molecule has 0 saturated carbocycles. The summed E-state index contributed by atoms with van der Waals surface area (Å²) in [6.07, 6.45) is 1.09. The monoisotopic (exact) mass is 376 g/mol. The maximum absolute atomic E-state index is 11.9. The molecule has 0 aromatic carbocycles. The molecule has 1 rings (SSSR count). The molecule has 1 aromatic heterocycles. The highest BCUT2D eigenvalue weighted by atomic mass is 127. The van der Waals surface area contributed by atoms with Gasteiger partial charge in [-0.1, -0.05) is 6.92 Å². The molecular weight excluding hydrogens is 367 g/mol. The fraction of sp³-hybridized carbons (Fsp3) is 0.500. The third-order valence-corrected chi connectivity index (χ3v) is 5.63. The van der Waals surface area contributed by atoms with E-state index < -0.39 is 15.4 Å². The highest BCUT2D eigenvalue weighted by Crippen LogP contribution is 2.15. The van der Waals surface area contributed by atoms with Crippen molar-refractivity contribution in [1.29, 1.82) is 0 Å². The number of rotatable bonds is 4. The molecule has 90 valence electrons. The van der Waals surface area contributed by atoms with Gasteiger partial charge in [-0.25, -0.2) is 13.4 Å². The molecule has 8 heteroatoms. The molecule has 0 saturated heterocycles. The second kappa shape index (κ2) is 5.46. The molecule has 1 heterocycles. The SMILES string of the molecule is CC(CCl)CS(=O)(=O)c1nc[nH]c(=O)c1I. The quantitative estimate of drug-likeness (QED) is 0.483. The molecule has 1 aromatic rings.